The third-order valence-corrected chi connectivity index (χ3v) is 8.33. The molecule has 7 unspecified atom stereocenters. The van der Waals surface area contributed by atoms with Crippen LogP contribution in [0.5, 0.6) is 0 Å². The minimum Gasteiger partial charge on any atom is -0.392 e. The molecule has 3 fully saturated rings. The van der Waals surface area contributed by atoms with Crippen molar-refractivity contribution in [3.05, 3.63) is 23.8 Å². The van der Waals surface area contributed by atoms with Gasteiger partial charge < -0.3 is 20.1 Å². The zero-order valence-corrected chi connectivity index (χ0v) is 16.4. The van der Waals surface area contributed by atoms with Crippen molar-refractivity contribution in [2.24, 2.45) is 22.7 Å². The Morgan fingerprint density at radius 2 is 1.96 bits per heavy atom. The first kappa shape index (κ1) is 18.7. The van der Waals surface area contributed by atoms with Gasteiger partial charge in [-0.1, -0.05) is 39.3 Å². The maximum Gasteiger partial charge on any atom is 0.128 e. The summed E-state index contributed by atoms with van der Waals surface area (Å²) in [5.41, 5.74) is 1.55. The van der Waals surface area contributed by atoms with Gasteiger partial charge in [-0.05, 0) is 66.4 Å². The molecule has 4 aliphatic rings. The van der Waals surface area contributed by atoms with E-state index in [4.69, 9.17) is 4.74 Å². The van der Waals surface area contributed by atoms with Crippen LogP contribution in [0.15, 0.2) is 23.8 Å². The number of hydrogen-bond donors (Lipinski definition) is 3. The smallest absolute Gasteiger partial charge is 0.128 e. The van der Waals surface area contributed by atoms with Crippen molar-refractivity contribution >= 4 is 0 Å². The number of ether oxygens (including phenoxy) is 1. The Labute approximate surface area is 156 Å². The monoisotopic (exact) mass is 362 g/mol. The van der Waals surface area contributed by atoms with Crippen molar-refractivity contribution < 1.29 is 20.1 Å². The molecule has 7 atom stereocenters. The average molecular weight is 363 g/mol. The number of hydrogen-bond acceptors (Lipinski definition) is 4. The molecular formula is C22H34O4. The molecule has 1 heterocycles. The summed E-state index contributed by atoms with van der Waals surface area (Å²) in [6.45, 7) is 11.4. The minimum atomic E-state index is -0.813. The van der Waals surface area contributed by atoms with E-state index in [0.29, 0.717) is 29.2 Å². The zero-order chi connectivity index (χ0) is 18.9. The first-order chi connectivity index (χ1) is 12.2. The lowest BCUT2D eigenvalue weighted by molar-refractivity contribution is -0.0644. The number of fused-ring (bicyclic) bond motifs is 2. The van der Waals surface area contributed by atoms with E-state index in [9.17, 15) is 15.3 Å². The maximum atomic E-state index is 10.7. The van der Waals surface area contributed by atoms with Crippen molar-refractivity contribution in [1.82, 2.24) is 0 Å². The van der Waals surface area contributed by atoms with Gasteiger partial charge in [0.25, 0.3) is 0 Å². The van der Waals surface area contributed by atoms with Gasteiger partial charge in [0.2, 0.25) is 0 Å². The molecule has 4 heteroatoms. The molecule has 0 bridgehead atoms. The number of epoxide rings is 1. The molecule has 146 valence electrons. The predicted molar refractivity (Wildman–Crippen MR) is 100 cm³/mol. The van der Waals surface area contributed by atoms with Crippen LogP contribution >= 0.6 is 0 Å². The van der Waals surface area contributed by atoms with E-state index in [-0.39, 0.29) is 12.0 Å². The van der Waals surface area contributed by atoms with Crippen LogP contribution in [0.1, 0.15) is 59.3 Å². The lowest BCUT2D eigenvalue weighted by Crippen LogP contribution is -2.52. The third kappa shape index (κ3) is 2.49. The largest absolute Gasteiger partial charge is 0.392 e. The molecule has 0 radical (unpaired) electrons. The van der Waals surface area contributed by atoms with Crippen LogP contribution in [0, 0.1) is 22.7 Å². The lowest BCUT2D eigenvalue weighted by Gasteiger charge is -2.58. The van der Waals surface area contributed by atoms with Gasteiger partial charge in [0.05, 0.1) is 6.61 Å². The summed E-state index contributed by atoms with van der Waals surface area (Å²) in [6.07, 6.45) is 6.29. The van der Waals surface area contributed by atoms with Crippen LogP contribution < -0.4 is 0 Å². The molecule has 1 saturated heterocycles. The van der Waals surface area contributed by atoms with E-state index in [1.165, 1.54) is 31.3 Å². The summed E-state index contributed by atoms with van der Waals surface area (Å²) in [5.74, 6) is 0.957. The third-order valence-electron chi connectivity index (χ3n) is 8.33. The van der Waals surface area contributed by atoms with Crippen molar-refractivity contribution in [3.8, 4) is 0 Å². The van der Waals surface area contributed by atoms with Crippen LogP contribution in [-0.2, 0) is 4.74 Å². The maximum absolute atomic E-state index is 10.7. The molecule has 0 aromatic heterocycles. The lowest BCUT2D eigenvalue weighted by atomic mass is 9.46. The Hall–Kier alpha value is -0.680. The SMILES string of the molecule is C=C1CCC2C(C)(C)CCCC2(C)C1CC12OC1C(O)C(CO)=CC2O. The number of aliphatic hydroxyl groups excluding tert-OH is 3. The Kier molecular flexibility index (Phi) is 4.24. The van der Waals surface area contributed by atoms with Crippen LogP contribution in [0.2, 0.25) is 0 Å². The van der Waals surface area contributed by atoms with E-state index in [2.05, 4.69) is 27.4 Å². The van der Waals surface area contributed by atoms with Gasteiger partial charge in [-0.25, -0.2) is 0 Å². The Balaban J connectivity index is 1.63. The fraction of sp³-hybridized carbons (Fsp3) is 0.818. The molecule has 0 spiro atoms. The summed E-state index contributed by atoms with van der Waals surface area (Å²) in [7, 11) is 0. The van der Waals surface area contributed by atoms with E-state index in [0.717, 1.165) is 6.42 Å². The van der Waals surface area contributed by atoms with Crippen LogP contribution in [0.4, 0.5) is 0 Å². The highest BCUT2D eigenvalue weighted by Crippen LogP contribution is 2.64. The standard InChI is InChI=1S/C22H34O4/c1-13-6-7-16-20(2,3)8-5-9-21(16,4)15(13)11-22-17(24)10-14(12-23)18(25)19(22)26-22/h10,15-19,23-25H,1,5-9,11-12H2,2-4H3. The molecule has 2 saturated carbocycles. The molecule has 26 heavy (non-hydrogen) atoms. The number of rotatable bonds is 3. The van der Waals surface area contributed by atoms with E-state index in [1.54, 1.807) is 6.08 Å². The molecule has 4 nitrogen and oxygen atoms in total. The van der Waals surface area contributed by atoms with Gasteiger partial charge in [0.15, 0.2) is 0 Å². The van der Waals surface area contributed by atoms with Gasteiger partial charge in [0, 0.05) is 0 Å². The quantitative estimate of drug-likeness (QED) is 0.533. The van der Waals surface area contributed by atoms with E-state index in [1.807, 2.05) is 0 Å². The first-order valence-electron chi connectivity index (χ1n) is 10.2. The van der Waals surface area contributed by atoms with Gasteiger partial charge in [-0.2, -0.15) is 0 Å². The molecular weight excluding hydrogens is 328 g/mol. The fourth-order valence-corrected chi connectivity index (χ4v) is 6.81. The molecule has 0 amide bonds. The normalized spacial score (nSPS) is 49.8. The van der Waals surface area contributed by atoms with Crippen LogP contribution in [0.25, 0.3) is 0 Å². The molecule has 1 aliphatic heterocycles. The second kappa shape index (κ2) is 5.91. The molecule has 3 N–H and O–H groups in total. The van der Waals surface area contributed by atoms with Crippen LogP contribution in [0.3, 0.4) is 0 Å². The fourth-order valence-electron chi connectivity index (χ4n) is 6.81. The first-order valence-corrected chi connectivity index (χ1v) is 10.2. The Bertz CT molecular complexity index is 638. The van der Waals surface area contributed by atoms with Gasteiger partial charge in [-0.15, -0.1) is 0 Å². The van der Waals surface area contributed by atoms with Gasteiger partial charge >= 0.3 is 0 Å². The zero-order valence-electron chi connectivity index (χ0n) is 16.4. The second-order valence-corrected chi connectivity index (χ2v) is 10.1. The number of aliphatic hydroxyl groups is 3. The summed E-state index contributed by atoms with van der Waals surface area (Å²) >= 11 is 0. The van der Waals surface area contributed by atoms with Crippen molar-refractivity contribution in [3.63, 3.8) is 0 Å². The average Bonchev–Trinajstić information content (AvgIpc) is 3.30. The molecule has 0 aromatic carbocycles. The van der Waals surface area contributed by atoms with Gasteiger partial charge in [-0.3, -0.25) is 0 Å². The molecule has 0 aromatic rings. The Morgan fingerprint density at radius 3 is 2.65 bits per heavy atom. The second-order valence-electron chi connectivity index (χ2n) is 10.1. The van der Waals surface area contributed by atoms with Gasteiger partial charge in [0.1, 0.15) is 23.9 Å². The molecule has 3 aliphatic carbocycles. The predicted octanol–water partition coefficient (Wildman–Crippen LogP) is 2.97. The highest BCUT2D eigenvalue weighted by Gasteiger charge is 2.68. The summed E-state index contributed by atoms with van der Waals surface area (Å²) in [5, 5.41) is 30.6. The van der Waals surface area contributed by atoms with Crippen LogP contribution in [-0.4, -0.2) is 45.8 Å². The molecule has 4 rings (SSSR count). The van der Waals surface area contributed by atoms with E-state index >= 15 is 0 Å². The van der Waals surface area contributed by atoms with Crippen molar-refractivity contribution in [2.45, 2.75) is 83.2 Å². The highest BCUT2D eigenvalue weighted by molar-refractivity contribution is 5.32. The summed E-state index contributed by atoms with van der Waals surface area (Å²) < 4.78 is 5.95. The van der Waals surface area contributed by atoms with E-state index < -0.39 is 23.9 Å². The Morgan fingerprint density at radius 1 is 1.23 bits per heavy atom. The summed E-state index contributed by atoms with van der Waals surface area (Å²) in [6, 6.07) is 0. The topological polar surface area (TPSA) is 73.2 Å². The van der Waals surface area contributed by atoms with Crippen molar-refractivity contribution in [2.75, 3.05) is 6.61 Å². The van der Waals surface area contributed by atoms with Crippen molar-refractivity contribution in [1.29, 1.82) is 0 Å². The highest BCUT2D eigenvalue weighted by atomic mass is 16.6. The minimum absolute atomic E-state index is 0.175. The number of allylic oxidation sites excluding steroid dienone is 1. The summed E-state index contributed by atoms with van der Waals surface area (Å²) in [4.78, 5) is 0.